The van der Waals surface area contributed by atoms with Crippen molar-refractivity contribution in [2.75, 3.05) is 13.1 Å². The topological polar surface area (TPSA) is 53.5 Å². The molecule has 0 spiro atoms. The van der Waals surface area contributed by atoms with E-state index in [1.165, 1.54) is 6.42 Å². The van der Waals surface area contributed by atoms with Crippen molar-refractivity contribution in [1.29, 1.82) is 0 Å². The summed E-state index contributed by atoms with van der Waals surface area (Å²) in [6.45, 7) is 6.17. The monoisotopic (exact) mass is 255 g/mol. The van der Waals surface area contributed by atoms with Gasteiger partial charge >= 0.3 is 0 Å². The van der Waals surface area contributed by atoms with Gasteiger partial charge in [0.2, 0.25) is 5.91 Å². The number of hydrogen-bond donors (Lipinski definition) is 2. The molecule has 2 heterocycles. The third kappa shape index (κ3) is 3.63. The normalized spacial score (nSPS) is 29.1. The molecule has 5 heteroatoms. The zero-order chi connectivity index (χ0) is 12.3. The van der Waals surface area contributed by atoms with Gasteiger partial charge in [-0.25, -0.2) is 0 Å². The Kier molecular flexibility index (Phi) is 4.31. The van der Waals surface area contributed by atoms with E-state index in [0.29, 0.717) is 11.2 Å². The second-order valence-electron chi connectivity index (χ2n) is 5.15. The summed E-state index contributed by atoms with van der Waals surface area (Å²) in [5.74, 6) is 0.826. The Hall–Kier alpha value is -0.710. The lowest BCUT2D eigenvalue weighted by atomic mass is 10.1. The fourth-order valence-corrected chi connectivity index (χ4v) is 3.51. The third-order valence-electron chi connectivity index (χ3n) is 3.03. The molecular weight excluding hydrogens is 234 g/mol. The molecule has 0 aromatic rings. The molecule has 4 nitrogen and oxygen atoms in total. The van der Waals surface area contributed by atoms with Gasteiger partial charge in [0, 0.05) is 11.8 Å². The third-order valence-corrected chi connectivity index (χ3v) is 4.18. The van der Waals surface area contributed by atoms with Gasteiger partial charge in [-0.15, -0.1) is 0 Å². The van der Waals surface area contributed by atoms with E-state index in [2.05, 4.69) is 29.5 Å². The van der Waals surface area contributed by atoms with Crippen molar-refractivity contribution in [3.8, 4) is 0 Å². The van der Waals surface area contributed by atoms with Crippen molar-refractivity contribution in [2.45, 2.75) is 44.4 Å². The molecule has 2 aliphatic heterocycles. The Morgan fingerprint density at radius 2 is 2.41 bits per heavy atom. The summed E-state index contributed by atoms with van der Waals surface area (Å²) in [5, 5.41) is 7.70. The van der Waals surface area contributed by atoms with Gasteiger partial charge in [-0.05, 0) is 25.2 Å². The van der Waals surface area contributed by atoms with Crippen LogP contribution >= 0.6 is 11.8 Å². The maximum absolute atomic E-state index is 11.6. The summed E-state index contributed by atoms with van der Waals surface area (Å²) in [5.41, 5.74) is 0. The smallest absolute Gasteiger partial charge is 0.242 e. The molecule has 2 rings (SSSR count). The van der Waals surface area contributed by atoms with Gasteiger partial charge in [0.05, 0.1) is 6.54 Å². The van der Waals surface area contributed by atoms with Crippen LogP contribution in [0.15, 0.2) is 4.99 Å². The molecule has 1 fully saturated rings. The van der Waals surface area contributed by atoms with Crippen LogP contribution in [0.1, 0.15) is 33.1 Å². The number of thioether (sulfide) groups is 1. The fraction of sp³-hybridized carbons (Fsp3) is 0.833. The molecule has 0 aromatic heterocycles. The molecule has 2 atom stereocenters. The first kappa shape index (κ1) is 12.7. The number of piperidine rings is 1. The molecule has 0 bridgehead atoms. The van der Waals surface area contributed by atoms with Crippen LogP contribution in [-0.4, -0.2) is 35.5 Å². The first-order valence-corrected chi connectivity index (χ1v) is 7.28. The second kappa shape index (κ2) is 5.76. The number of nitrogens with zero attached hydrogens (tertiary/aromatic N) is 1. The predicted molar refractivity (Wildman–Crippen MR) is 72.3 cm³/mol. The van der Waals surface area contributed by atoms with Crippen LogP contribution in [0.3, 0.4) is 0 Å². The van der Waals surface area contributed by atoms with Crippen molar-refractivity contribution in [2.24, 2.45) is 10.9 Å². The minimum Gasteiger partial charge on any atom is -0.354 e. The molecule has 17 heavy (non-hydrogen) atoms. The summed E-state index contributed by atoms with van der Waals surface area (Å²) in [4.78, 5) is 16.1. The largest absolute Gasteiger partial charge is 0.354 e. The predicted octanol–water partition coefficient (Wildman–Crippen LogP) is 1.37. The van der Waals surface area contributed by atoms with Crippen molar-refractivity contribution in [3.63, 3.8) is 0 Å². The lowest BCUT2D eigenvalue weighted by Crippen LogP contribution is -2.49. The Morgan fingerprint density at radius 3 is 3.12 bits per heavy atom. The summed E-state index contributed by atoms with van der Waals surface area (Å²) < 4.78 is 0. The summed E-state index contributed by atoms with van der Waals surface area (Å²) in [6, 6.07) is -0.0761. The van der Waals surface area contributed by atoms with Crippen molar-refractivity contribution in [1.82, 2.24) is 10.6 Å². The average Bonchev–Trinajstić information content (AvgIpc) is 2.68. The highest BCUT2D eigenvalue weighted by Crippen LogP contribution is 2.26. The van der Waals surface area contributed by atoms with E-state index >= 15 is 0 Å². The van der Waals surface area contributed by atoms with Gasteiger partial charge in [0.1, 0.15) is 6.04 Å². The van der Waals surface area contributed by atoms with Gasteiger partial charge in [0.25, 0.3) is 0 Å². The number of carbonyl (C=O) groups is 1. The highest BCUT2D eigenvalue weighted by atomic mass is 32.2. The summed E-state index contributed by atoms with van der Waals surface area (Å²) >= 11 is 1.79. The Morgan fingerprint density at radius 1 is 1.59 bits per heavy atom. The van der Waals surface area contributed by atoms with E-state index in [1.807, 2.05) is 0 Å². The number of amidine groups is 1. The lowest BCUT2D eigenvalue weighted by molar-refractivity contribution is -0.124. The number of rotatable bonds is 3. The van der Waals surface area contributed by atoms with Crippen molar-refractivity contribution in [3.05, 3.63) is 0 Å². The quantitative estimate of drug-likeness (QED) is 0.801. The SMILES string of the molecule is CC(C)CC1CN=C(NC2CCCNC2=O)S1. The Bertz CT molecular complexity index is 317. The minimum absolute atomic E-state index is 0.0761. The van der Waals surface area contributed by atoms with Crippen LogP contribution in [0.5, 0.6) is 0 Å². The van der Waals surface area contributed by atoms with Gasteiger partial charge in [-0.2, -0.15) is 0 Å². The summed E-state index contributed by atoms with van der Waals surface area (Å²) in [6.07, 6.45) is 3.16. The minimum atomic E-state index is -0.0761. The zero-order valence-corrected chi connectivity index (χ0v) is 11.3. The maximum Gasteiger partial charge on any atom is 0.242 e. The van der Waals surface area contributed by atoms with Crippen molar-refractivity contribution < 1.29 is 4.79 Å². The lowest BCUT2D eigenvalue weighted by Gasteiger charge is -2.23. The number of nitrogens with one attached hydrogen (secondary N) is 2. The summed E-state index contributed by atoms with van der Waals surface area (Å²) in [7, 11) is 0. The molecule has 0 aliphatic carbocycles. The van der Waals surface area contributed by atoms with E-state index in [-0.39, 0.29) is 11.9 Å². The van der Waals surface area contributed by atoms with Gasteiger partial charge in [0.15, 0.2) is 5.17 Å². The fourth-order valence-electron chi connectivity index (χ4n) is 2.20. The molecule has 1 amide bonds. The molecule has 2 N–H and O–H groups in total. The van der Waals surface area contributed by atoms with Gasteiger partial charge in [-0.3, -0.25) is 9.79 Å². The highest BCUT2D eigenvalue weighted by molar-refractivity contribution is 8.14. The van der Waals surface area contributed by atoms with E-state index in [1.54, 1.807) is 11.8 Å². The molecule has 2 aliphatic rings. The average molecular weight is 255 g/mol. The Balaban J connectivity index is 1.78. The van der Waals surface area contributed by atoms with E-state index in [0.717, 1.165) is 31.1 Å². The van der Waals surface area contributed by atoms with Crippen LogP contribution in [0, 0.1) is 5.92 Å². The van der Waals surface area contributed by atoms with Gasteiger partial charge < -0.3 is 10.6 Å². The van der Waals surface area contributed by atoms with Crippen LogP contribution in [0.25, 0.3) is 0 Å². The highest BCUT2D eigenvalue weighted by Gasteiger charge is 2.26. The van der Waals surface area contributed by atoms with E-state index in [4.69, 9.17) is 0 Å². The van der Waals surface area contributed by atoms with E-state index in [9.17, 15) is 4.79 Å². The van der Waals surface area contributed by atoms with Crippen LogP contribution in [0.2, 0.25) is 0 Å². The van der Waals surface area contributed by atoms with Crippen LogP contribution < -0.4 is 10.6 Å². The zero-order valence-electron chi connectivity index (χ0n) is 10.5. The second-order valence-corrected chi connectivity index (χ2v) is 6.43. The van der Waals surface area contributed by atoms with Crippen LogP contribution in [-0.2, 0) is 4.79 Å². The Labute approximate surface area is 107 Å². The van der Waals surface area contributed by atoms with Crippen LogP contribution in [0.4, 0.5) is 0 Å². The molecule has 0 saturated carbocycles. The molecule has 1 saturated heterocycles. The molecule has 96 valence electrons. The van der Waals surface area contributed by atoms with E-state index < -0.39 is 0 Å². The number of hydrogen-bond acceptors (Lipinski definition) is 4. The van der Waals surface area contributed by atoms with Gasteiger partial charge in [-0.1, -0.05) is 25.6 Å². The molecule has 2 unspecified atom stereocenters. The number of amides is 1. The molecule has 0 aromatic carbocycles. The molecule has 0 radical (unpaired) electrons. The number of carbonyl (C=O) groups excluding carboxylic acids is 1. The first-order valence-electron chi connectivity index (χ1n) is 6.40. The molecular formula is C12H21N3OS. The number of aliphatic imine (C=N–C) groups is 1. The van der Waals surface area contributed by atoms with Crippen molar-refractivity contribution >= 4 is 22.8 Å². The first-order chi connectivity index (χ1) is 8.15. The standard InChI is InChI=1S/C12H21N3OS/c1-8(2)6-9-7-14-12(17-9)15-10-4-3-5-13-11(10)16/h8-10H,3-7H2,1-2H3,(H,13,16)(H,14,15). The maximum atomic E-state index is 11.6.